The van der Waals surface area contributed by atoms with Crippen molar-refractivity contribution in [1.82, 2.24) is 14.8 Å². The Labute approximate surface area is 190 Å². The standard InChI is InChI=1S/C23H26FN3O4S/c1-14-22(32-15(2)25-14)20(28)18-19(16-6-3-4-7-17(16)24)27(23(30)21(18)29)9-5-8-26-10-12-31-13-11-26/h3-4,6-7,19,29H,5,8-13H2,1-2H3/t19-/m1/s1. The van der Waals surface area contributed by atoms with Crippen molar-refractivity contribution in [1.29, 1.82) is 0 Å². The molecule has 170 valence electrons. The predicted molar refractivity (Wildman–Crippen MR) is 118 cm³/mol. The smallest absolute Gasteiger partial charge is 0.290 e. The van der Waals surface area contributed by atoms with E-state index >= 15 is 0 Å². The molecule has 0 aliphatic carbocycles. The van der Waals surface area contributed by atoms with E-state index in [1.54, 1.807) is 32.0 Å². The fourth-order valence-corrected chi connectivity index (χ4v) is 5.16. The van der Waals surface area contributed by atoms with Gasteiger partial charge in [-0.05, 0) is 26.3 Å². The van der Waals surface area contributed by atoms with Crippen LogP contribution in [0.1, 0.15) is 38.4 Å². The average molecular weight is 460 g/mol. The van der Waals surface area contributed by atoms with E-state index in [1.807, 2.05) is 0 Å². The molecule has 1 atom stereocenters. The fourth-order valence-electron chi connectivity index (χ4n) is 4.29. The number of carbonyl (C=O) groups excluding carboxylic acids is 2. The first-order valence-corrected chi connectivity index (χ1v) is 11.5. The quantitative estimate of drug-likeness (QED) is 0.641. The molecule has 7 nitrogen and oxygen atoms in total. The van der Waals surface area contributed by atoms with Gasteiger partial charge >= 0.3 is 0 Å². The molecule has 0 saturated carbocycles. The van der Waals surface area contributed by atoms with Crippen molar-refractivity contribution in [3.05, 3.63) is 62.6 Å². The third-order valence-corrected chi connectivity index (χ3v) is 6.91. The van der Waals surface area contributed by atoms with Crippen molar-refractivity contribution in [2.24, 2.45) is 0 Å². The number of nitrogens with zero attached hydrogens (tertiary/aromatic N) is 3. The molecule has 2 aliphatic heterocycles. The average Bonchev–Trinajstić information content (AvgIpc) is 3.25. The van der Waals surface area contributed by atoms with E-state index in [1.165, 1.54) is 22.3 Å². The number of aliphatic hydroxyl groups is 1. The first kappa shape index (κ1) is 22.6. The SMILES string of the molecule is Cc1nc(C)c(C(=O)C2=C(O)C(=O)N(CCCN3CCOCC3)[C@@H]2c2ccccc2F)s1. The number of thiazole rings is 1. The van der Waals surface area contributed by atoms with Crippen LogP contribution in [0.25, 0.3) is 0 Å². The van der Waals surface area contributed by atoms with Crippen LogP contribution in [-0.2, 0) is 9.53 Å². The number of aliphatic hydroxyl groups excluding tert-OH is 1. The van der Waals surface area contributed by atoms with Crippen LogP contribution in [0.5, 0.6) is 0 Å². The lowest BCUT2D eigenvalue weighted by molar-refractivity contribution is -0.129. The number of ether oxygens (including phenoxy) is 1. The molecule has 0 bridgehead atoms. The van der Waals surface area contributed by atoms with Gasteiger partial charge in [-0.1, -0.05) is 18.2 Å². The normalized spacial score (nSPS) is 19.8. The molecule has 1 amide bonds. The second-order valence-corrected chi connectivity index (χ2v) is 9.17. The summed E-state index contributed by atoms with van der Waals surface area (Å²) < 4.78 is 20.2. The molecule has 1 aromatic carbocycles. The summed E-state index contributed by atoms with van der Waals surface area (Å²) in [7, 11) is 0. The van der Waals surface area contributed by atoms with E-state index in [4.69, 9.17) is 4.74 Å². The second-order valence-electron chi connectivity index (χ2n) is 7.97. The molecule has 4 rings (SSSR count). The number of rotatable bonds is 7. The number of ketones is 1. The summed E-state index contributed by atoms with van der Waals surface area (Å²) in [5.41, 5.74) is 0.639. The first-order chi connectivity index (χ1) is 15.4. The van der Waals surface area contributed by atoms with Gasteiger partial charge in [-0.2, -0.15) is 0 Å². The molecule has 0 unspecified atom stereocenters. The summed E-state index contributed by atoms with van der Waals surface area (Å²) in [6.07, 6.45) is 0.629. The monoisotopic (exact) mass is 459 g/mol. The van der Waals surface area contributed by atoms with Gasteiger partial charge in [0.1, 0.15) is 5.82 Å². The van der Waals surface area contributed by atoms with E-state index in [9.17, 15) is 19.1 Å². The molecule has 32 heavy (non-hydrogen) atoms. The third-order valence-electron chi connectivity index (χ3n) is 5.83. The van der Waals surface area contributed by atoms with Crippen LogP contribution in [0.3, 0.4) is 0 Å². The maximum Gasteiger partial charge on any atom is 0.290 e. The van der Waals surface area contributed by atoms with Crippen molar-refractivity contribution in [3.63, 3.8) is 0 Å². The number of aromatic nitrogens is 1. The third kappa shape index (κ3) is 4.32. The van der Waals surface area contributed by atoms with Gasteiger partial charge in [0.15, 0.2) is 5.76 Å². The van der Waals surface area contributed by atoms with Crippen LogP contribution in [0.4, 0.5) is 4.39 Å². The lowest BCUT2D eigenvalue weighted by Gasteiger charge is -2.30. The van der Waals surface area contributed by atoms with Crippen molar-refractivity contribution >= 4 is 23.0 Å². The van der Waals surface area contributed by atoms with Gasteiger partial charge in [-0.25, -0.2) is 9.37 Å². The number of hydrogen-bond donors (Lipinski definition) is 1. The number of halogens is 1. The molecule has 1 fully saturated rings. The predicted octanol–water partition coefficient (Wildman–Crippen LogP) is 3.20. The maximum absolute atomic E-state index is 14.8. The Bertz CT molecular complexity index is 1060. The Morgan fingerprint density at radius 1 is 1.25 bits per heavy atom. The van der Waals surface area contributed by atoms with Crippen LogP contribution in [0.2, 0.25) is 0 Å². The van der Waals surface area contributed by atoms with Gasteiger partial charge in [-0.3, -0.25) is 14.5 Å². The van der Waals surface area contributed by atoms with Crippen LogP contribution in [-0.4, -0.2) is 71.0 Å². The zero-order chi connectivity index (χ0) is 22.8. The highest BCUT2D eigenvalue weighted by Crippen LogP contribution is 2.41. The lowest BCUT2D eigenvalue weighted by atomic mass is 9.94. The summed E-state index contributed by atoms with van der Waals surface area (Å²) in [6, 6.07) is 5.08. The Morgan fingerprint density at radius 2 is 1.97 bits per heavy atom. The zero-order valence-corrected chi connectivity index (χ0v) is 19.0. The number of morpholine rings is 1. The van der Waals surface area contributed by atoms with Crippen LogP contribution in [0.15, 0.2) is 35.6 Å². The van der Waals surface area contributed by atoms with Crippen LogP contribution < -0.4 is 0 Å². The highest BCUT2D eigenvalue weighted by atomic mass is 32.1. The Balaban J connectivity index is 1.65. The number of aryl methyl sites for hydroxylation is 2. The Kier molecular flexibility index (Phi) is 6.68. The minimum atomic E-state index is -0.984. The molecule has 1 aromatic heterocycles. The number of amides is 1. The minimum absolute atomic E-state index is 0.0850. The van der Waals surface area contributed by atoms with Gasteiger partial charge in [0, 0.05) is 31.7 Å². The minimum Gasteiger partial charge on any atom is -0.503 e. The van der Waals surface area contributed by atoms with Crippen LogP contribution >= 0.6 is 11.3 Å². The molecule has 9 heteroatoms. The lowest BCUT2D eigenvalue weighted by Crippen LogP contribution is -2.39. The molecule has 0 radical (unpaired) electrons. The Morgan fingerprint density at radius 3 is 2.62 bits per heavy atom. The summed E-state index contributed by atoms with van der Waals surface area (Å²) in [6.45, 7) is 7.53. The highest BCUT2D eigenvalue weighted by Gasteiger charge is 2.45. The molecule has 2 aliphatic rings. The summed E-state index contributed by atoms with van der Waals surface area (Å²) >= 11 is 1.20. The van der Waals surface area contributed by atoms with E-state index in [2.05, 4.69) is 9.88 Å². The van der Waals surface area contributed by atoms with Gasteiger partial charge < -0.3 is 14.7 Å². The highest BCUT2D eigenvalue weighted by molar-refractivity contribution is 7.14. The van der Waals surface area contributed by atoms with Gasteiger partial charge in [-0.15, -0.1) is 11.3 Å². The van der Waals surface area contributed by atoms with E-state index in [0.29, 0.717) is 35.2 Å². The number of hydrogen-bond acceptors (Lipinski definition) is 7. The topological polar surface area (TPSA) is 83.0 Å². The van der Waals surface area contributed by atoms with Crippen LogP contribution in [0, 0.1) is 19.7 Å². The molecular weight excluding hydrogens is 433 g/mol. The maximum atomic E-state index is 14.8. The largest absolute Gasteiger partial charge is 0.503 e. The van der Waals surface area contributed by atoms with Crippen molar-refractivity contribution in [3.8, 4) is 0 Å². The summed E-state index contributed by atoms with van der Waals surface area (Å²) in [5.74, 6) is -2.27. The molecule has 1 N–H and O–H groups in total. The Hall–Kier alpha value is -2.62. The van der Waals surface area contributed by atoms with Crippen molar-refractivity contribution < 1.29 is 23.8 Å². The van der Waals surface area contributed by atoms with Gasteiger partial charge in [0.05, 0.1) is 40.4 Å². The summed E-state index contributed by atoms with van der Waals surface area (Å²) in [5, 5.41) is 11.4. The first-order valence-electron chi connectivity index (χ1n) is 10.7. The second kappa shape index (κ2) is 9.48. The van der Waals surface area contributed by atoms with Crippen molar-refractivity contribution in [2.75, 3.05) is 39.4 Å². The van der Waals surface area contributed by atoms with Gasteiger partial charge in [0.25, 0.3) is 5.91 Å². The molecular formula is C23H26FN3O4S. The zero-order valence-electron chi connectivity index (χ0n) is 18.1. The van der Waals surface area contributed by atoms with E-state index < -0.39 is 29.3 Å². The number of carbonyl (C=O) groups is 2. The van der Waals surface area contributed by atoms with Crippen molar-refractivity contribution in [2.45, 2.75) is 26.3 Å². The molecule has 2 aromatic rings. The van der Waals surface area contributed by atoms with E-state index in [0.717, 1.165) is 19.6 Å². The summed E-state index contributed by atoms with van der Waals surface area (Å²) in [4.78, 5) is 34.7. The number of Topliss-reactive ketones (excluding diaryl/α,β-unsaturated/α-hetero) is 1. The molecule has 1 saturated heterocycles. The fraction of sp³-hybridized carbons (Fsp3) is 0.435. The molecule has 3 heterocycles. The van der Waals surface area contributed by atoms with Gasteiger partial charge in [0.2, 0.25) is 5.78 Å². The number of benzene rings is 1. The molecule has 0 spiro atoms. The van der Waals surface area contributed by atoms with E-state index in [-0.39, 0.29) is 17.7 Å².